The Morgan fingerprint density at radius 1 is 0.892 bits per heavy atom. The van der Waals surface area contributed by atoms with Crippen LogP contribution in [0.15, 0.2) is 102 Å². The number of hydrogen-bond donors (Lipinski definition) is 3. The maximum Gasteiger partial charge on any atom is 0.255 e. The van der Waals surface area contributed by atoms with Gasteiger partial charge in [-0.1, -0.05) is 42.5 Å². The zero-order chi connectivity index (χ0) is 25.0. The molecule has 2 aromatic heterocycles. The first-order chi connectivity index (χ1) is 18.2. The van der Waals surface area contributed by atoms with Crippen molar-refractivity contribution >= 4 is 16.6 Å². The van der Waals surface area contributed by atoms with Crippen LogP contribution >= 0.6 is 0 Å². The first kappa shape index (κ1) is 23.3. The Hall–Kier alpha value is -4.16. The fourth-order valence-corrected chi connectivity index (χ4v) is 5.36. The van der Waals surface area contributed by atoms with Gasteiger partial charge in [-0.15, -0.1) is 0 Å². The molecule has 1 saturated carbocycles. The molecule has 2 atom stereocenters. The lowest BCUT2D eigenvalue weighted by molar-refractivity contribution is 0.350. The SMILES string of the molecule is O=c1cc(-c2ccccc2)ccn1-c1cccc(CN[C@H]2CCC[C@H](Nc3ccc4[nH]ncc4c3)C2)c1. The highest BCUT2D eigenvalue weighted by Gasteiger charge is 2.21. The minimum Gasteiger partial charge on any atom is -0.382 e. The molecule has 37 heavy (non-hydrogen) atoms. The lowest BCUT2D eigenvalue weighted by Gasteiger charge is -2.31. The number of nitrogens with zero attached hydrogens (tertiary/aromatic N) is 2. The molecule has 3 aromatic carbocycles. The summed E-state index contributed by atoms with van der Waals surface area (Å²) in [6.07, 6.45) is 8.38. The normalized spacial score (nSPS) is 17.6. The standard InChI is InChI=1S/C31H31N5O/c37-31-18-24(23-7-2-1-3-8-23)14-15-36(31)29-11-4-6-22(16-29)20-32-26-9-5-10-27(19-26)34-28-12-13-30-25(17-28)21-33-35-30/h1-4,6-8,11-18,21,26-27,32,34H,5,9-10,19-20H2,(H,33,35)/t26-,27-/m0/s1. The molecule has 0 unspecified atom stereocenters. The Morgan fingerprint density at radius 2 is 1.78 bits per heavy atom. The Balaban J connectivity index is 1.09. The first-order valence-corrected chi connectivity index (χ1v) is 13.0. The minimum atomic E-state index is -0.0266. The summed E-state index contributed by atoms with van der Waals surface area (Å²) in [5.74, 6) is 0. The molecule has 6 rings (SSSR count). The molecule has 6 heteroatoms. The molecule has 2 heterocycles. The minimum absolute atomic E-state index is 0.0266. The second kappa shape index (κ2) is 10.4. The summed E-state index contributed by atoms with van der Waals surface area (Å²) < 4.78 is 1.72. The van der Waals surface area contributed by atoms with Crippen molar-refractivity contribution < 1.29 is 0 Å². The van der Waals surface area contributed by atoms with Gasteiger partial charge in [0.1, 0.15) is 0 Å². The zero-order valence-electron chi connectivity index (χ0n) is 20.7. The van der Waals surface area contributed by atoms with Crippen molar-refractivity contribution in [2.45, 2.75) is 44.3 Å². The maximum atomic E-state index is 12.9. The van der Waals surface area contributed by atoms with E-state index in [1.165, 1.54) is 24.8 Å². The highest BCUT2D eigenvalue weighted by molar-refractivity contribution is 5.81. The van der Waals surface area contributed by atoms with Gasteiger partial charge >= 0.3 is 0 Å². The molecular formula is C31H31N5O. The van der Waals surface area contributed by atoms with E-state index >= 15 is 0 Å². The Labute approximate surface area is 216 Å². The molecule has 1 aliphatic carbocycles. The quantitative estimate of drug-likeness (QED) is 0.266. The molecule has 0 spiro atoms. The van der Waals surface area contributed by atoms with Crippen LogP contribution in [-0.2, 0) is 6.54 Å². The van der Waals surface area contributed by atoms with Gasteiger partial charge in [0, 0.05) is 47.7 Å². The average molecular weight is 490 g/mol. The summed E-state index contributed by atoms with van der Waals surface area (Å²) in [5, 5.41) is 15.7. The third-order valence-corrected chi connectivity index (χ3v) is 7.30. The molecule has 0 bridgehead atoms. The van der Waals surface area contributed by atoms with Crippen molar-refractivity contribution in [2.24, 2.45) is 0 Å². The van der Waals surface area contributed by atoms with Gasteiger partial charge in [0.2, 0.25) is 0 Å². The highest BCUT2D eigenvalue weighted by atomic mass is 16.1. The van der Waals surface area contributed by atoms with E-state index in [2.05, 4.69) is 51.2 Å². The van der Waals surface area contributed by atoms with Crippen molar-refractivity contribution in [3.8, 4) is 16.8 Å². The van der Waals surface area contributed by atoms with E-state index in [4.69, 9.17) is 0 Å². The molecule has 0 aliphatic heterocycles. The van der Waals surface area contributed by atoms with Crippen LogP contribution in [0.5, 0.6) is 0 Å². The molecule has 6 nitrogen and oxygen atoms in total. The Bertz CT molecular complexity index is 1550. The van der Waals surface area contributed by atoms with Gasteiger partial charge in [-0.25, -0.2) is 0 Å². The van der Waals surface area contributed by atoms with Gasteiger partial charge in [-0.05, 0) is 78.8 Å². The zero-order valence-corrected chi connectivity index (χ0v) is 20.7. The van der Waals surface area contributed by atoms with Crippen LogP contribution in [0.3, 0.4) is 0 Å². The van der Waals surface area contributed by atoms with E-state index in [9.17, 15) is 4.79 Å². The fourth-order valence-electron chi connectivity index (χ4n) is 5.36. The van der Waals surface area contributed by atoms with Gasteiger partial charge in [-0.3, -0.25) is 14.5 Å². The van der Waals surface area contributed by atoms with Crippen molar-refractivity contribution in [2.75, 3.05) is 5.32 Å². The molecule has 0 amide bonds. The summed E-state index contributed by atoms with van der Waals surface area (Å²) in [5.41, 5.74) is 6.23. The van der Waals surface area contributed by atoms with Crippen molar-refractivity contribution in [3.05, 3.63) is 113 Å². The number of rotatable bonds is 7. The summed E-state index contributed by atoms with van der Waals surface area (Å²) in [7, 11) is 0. The topological polar surface area (TPSA) is 74.7 Å². The lowest BCUT2D eigenvalue weighted by Crippen LogP contribution is -2.38. The number of pyridine rings is 1. The average Bonchev–Trinajstić information content (AvgIpc) is 3.41. The van der Waals surface area contributed by atoms with Crippen LogP contribution in [0.4, 0.5) is 5.69 Å². The van der Waals surface area contributed by atoms with Crippen LogP contribution < -0.4 is 16.2 Å². The molecule has 3 N–H and O–H groups in total. The van der Waals surface area contributed by atoms with Gasteiger partial charge in [-0.2, -0.15) is 5.10 Å². The van der Waals surface area contributed by atoms with E-state index in [1.54, 1.807) is 10.6 Å². The van der Waals surface area contributed by atoms with E-state index in [0.29, 0.717) is 12.1 Å². The Kier molecular flexibility index (Phi) is 6.57. The van der Waals surface area contributed by atoms with Gasteiger partial charge in [0.05, 0.1) is 11.7 Å². The van der Waals surface area contributed by atoms with Crippen LogP contribution in [-0.4, -0.2) is 26.8 Å². The third-order valence-electron chi connectivity index (χ3n) is 7.30. The second-order valence-corrected chi connectivity index (χ2v) is 9.92. The van der Waals surface area contributed by atoms with E-state index in [0.717, 1.165) is 46.4 Å². The number of benzene rings is 3. The molecule has 0 saturated heterocycles. The Morgan fingerprint density at radius 3 is 2.68 bits per heavy atom. The first-order valence-electron chi connectivity index (χ1n) is 13.0. The molecule has 0 radical (unpaired) electrons. The van der Waals surface area contributed by atoms with E-state index in [-0.39, 0.29) is 5.56 Å². The van der Waals surface area contributed by atoms with E-state index in [1.807, 2.05) is 60.9 Å². The molecule has 186 valence electrons. The van der Waals surface area contributed by atoms with Crippen LogP contribution in [0.2, 0.25) is 0 Å². The highest BCUT2D eigenvalue weighted by Crippen LogP contribution is 2.25. The number of anilines is 1. The number of H-pyrrole nitrogens is 1. The lowest BCUT2D eigenvalue weighted by atomic mass is 9.90. The largest absolute Gasteiger partial charge is 0.382 e. The number of aromatic nitrogens is 3. The predicted molar refractivity (Wildman–Crippen MR) is 150 cm³/mol. The number of fused-ring (bicyclic) bond motifs is 1. The monoisotopic (exact) mass is 489 g/mol. The van der Waals surface area contributed by atoms with Crippen molar-refractivity contribution in [1.29, 1.82) is 0 Å². The van der Waals surface area contributed by atoms with Crippen LogP contribution in [0.25, 0.3) is 27.7 Å². The van der Waals surface area contributed by atoms with Crippen molar-refractivity contribution in [1.82, 2.24) is 20.1 Å². The number of aromatic amines is 1. The summed E-state index contributed by atoms with van der Waals surface area (Å²) >= 11 is 0. The van der Waals surface area contributed by atoms with Gasteiger partial charge in [0.25, 0.3) is 5.56 Å². The van der Waals surface area contributed by atoms with E-state index < -0.39 is 0 Å². The van der Waals surface area contributed by atoms with Gasteiger partial charge < -0.3 is 10.6 Å². The summed E-state index contributed by atoms with van der Waals surface area (Å²) in [4.78, 5) is 12.9. The smallest absolute Gasteiger partial charge is 0.255 e. The summed E-state index contributed by atoms with van der Waals surface area (Å²) in [6.45, 7) is 0.781. The van der Waals surface area contributed by atoms with Crippen molar-refractivity contribution in [3.63, 3.8) is 0 Å². The second-order valence-electron chi connectivity index (χ2n) is 9.92. The fraction of sp³-hybridized carbons (Fsp3) is 0.226. The summed E-state index contributed by atoms with van der Waals surface area (Å²) in [6, 6.07) is 29.2. The van der Waals surface area contributed by atoms with Crippen LogP contribution in [0.1, 0.15) is 31.2 Å². The maximum absolute atomic E-state index is 12.9. The number of nitrogens with one attached hydrogen (secondary N) is 3. The third kappa shape index (κ3) is 5.34. The number of hydrogen-bond acceptors (Lipinski definition) is 4. The van der Waals surface area contributed by atoms with Crippen LogP contribution in [0, 0.1) is 0 Å². The predicted octanol–water partition coefficient (Wildman–Crippen LogP) is 5.89. The van der Waals surface area contributed by atoms with Gasteiger partial charge in [0.15, 0.2) is 0 Å². The molecular weight excluding hydrogens is 458 g/mol. The molecule has 5 aromatic rings. The molecule has 1 aliphatic rings. The molecule has 1 fully saturated rings.